The van der Waals surface area contributed by atoms with E-state index in [-0.39, 0.29) is 12.5 Å². The molecule has 0 atom stereocenters. The van der Waals surface area contributed by atoms with E-state index in [9.17, 15) is 4.79 Å². The van der Waals surface area contributed by atoms with Gasteiger partial charge in [-0.2, -0.15) is 0 Å². The Kier molecular flexibility index (Phi) is 4.28. The molecule has 0 radical (unpaired) electrons. The molecule has 88 valence electrons. The number of carbonyl (C=O) groups is 1. The molecule has 5 heteroatoms. The third-order valence-electron chi connectivity index (χ3n) is 2.34. The molecule has 0 aliphatic heterocycles. The van der Waals surface area contributed by atoms with Crippen LogP contribution in [-0.2, 0) is 0 Å². The molecule has 0 spiro atoms. The number of hydrogen-bond acceptors (Lipinski definition) is 4. The van der Waals surface area contributed by atoms with Crippen LogP contribution in [0.3, 0.4) is 0 Å². The van der Waals surface area contributed by atoms with Crippen molar-refractivity contribution in [1.82, 2.24) is 4.90 Å². The first-order chi connectivity index (χ1) is 7.60. The highest BCUT2D eigenvalue weighted by Gasteiger charge is 2.15. The maximum Gasteiger partial charge on any atom is 0.255 e. The van der Waals surface area contributed by atoms with Gasteiger partial charge < -0.3 is 15.4 Å². The maximum absolute atomic E-state index is 12.0. The summed E-state index contributed by atoms with van der Waals surface area (Å²) in [7, 11) is 1.64. The number of likely N-dealkylation sites (N-methyl/N-ethyl adjacent to an activating group) is 1. The first-order valence-corrected chi connectivity index (χ1v) is 5.03. The van der Waals surface area contributed by atoms with Crippen LogP contribution in [0.15, 0.2) is 18.2 Å². The van der Waals surface area contributed by atoms with Gasteiger partial charge in [-0.1, -0.05) is 11.6 Å². The summed E-state index contributed by atoms with van der Waals surface area (Å²) >= 11 is 0. The minimum Gasteiger partial charge on any atom is -0.395 e. The SMILES string of the molecule is Cc1ccc(NN)c(C(=O)N(C)CCO)c1. The quantitative estimate of drug-likeness (QED) is 0.508. The number of aliphatic hydroxyl groups is 1. The van der Waals surface area contributed by atoms with Gasteiger partial charge in [-0.3, -0.25) is 10.6 Å². The molecule has 0 heterocycles. The Balaban J connectivity index is 3.01. The van der Waals surface area contributed by atoms with Gasteiger partial charge in [-0.25, -0.2) is 0 Å². The summed E-state index contributed by atoms with van der Waals surface area (Å²) in [6.07, 6.45) is 0. The predicted octanol–water partition coefficient (Wildman–Crippen LogP) is 0.345. The lowest BCUT2D eigenvalue weighted by Gasteiger charge is -2.18. The van der Waals surface area contributed by atoms with Gasteiger partial charge in [-0.05, 0) is 19.1 Å². The van der Waals surface area contributed by atoms with Crippen LogP contribution in [0.25, 0.3) is 0 Å². The van der Waals surface area contributed by atoms with E-state index >= 15 is 0 Å². The van der Waals surface area contributed by atoms with Crippen molar-refractivity contribution < 1.29 is 9.90 Å². The van der Waals surface area contributed by atoms with Gasteiger partial charge in [0.15, 0.2) is 0 Å². The van der Waals surface area contributed by atoms with Gasteiger partial charge in [0.2, 0.25) is 0 Å². The fourth-order valence-corrected chi connectivity index (χ4v) is 1.42. The maximum atomic E-state index is 12.0. The number of aliphatic hydroxyl groups excluding tert-OH is 1. The van der Waals surface area contributed by atoms with Gasteiger partial charge in [0, 0.05) is 13.6 Å². The number of amides is 1. The van der Waals surface area contributed by atoms with Crippen LogP contribution >= 0.6 is 0 Å². The highest BCUT2D eigenvalue weighted by molar-refractivity contribution is 5.99. The lowest BCUT2D eigenvalue weighted by Crippen LogP contribution is -2.30. The molecule has 4 N–H and O–H groups in total. The number of aryl methyl sites for hydroxylation is 1. The van der Waals surface area contributed by atoms with E-state index in [2.05, 4.69) is 5.43 Å². The topological polar surface area (TPSA) is 78.6 Å². The second-order valence-corrected chi connectivity index (χ2v) is 3.64. The number of carbonyl (C=O) groups excluding carboxylic acids is 1. The van der Waals surface area contributed by atoms with Crippen molar-refractivity contribution in [3.63, 3.8) is 0 Å². The number of nitrogen functional groups attached to an aromatic ring is 1. The number of benzene rings is 1. The molecule has 1 amide bonds. The zero-order valence-electron chi connectivity index (χ0n) is 9.53. The summed E-state index contributed by atoms with van der Waals surface area (Å²) in [5, 5.41) is 8.78. The third kappa shape index (κ3) is 2.71. The smallest absolute Gasteiger partial charge is 0.255 e. The molecule has 0 aliphatic rings. The summed E-state index contributed by atoms with van der Waals surface area (Å²) in [6, 6.07) is 5.40. The number of nitrogens with zero attached hydrogens (tertiary/aromatic N) is 1. The van der Waals surface area contributed by atoms with Crippen LogP contribution in [-0.4, -0.2) is 36.1 Å². The van der Waals surface area contributed by atoms with Gasteiger partial charge in [0.1, 0.15) is 0 Å². The molecule has 1 aromatic carbocycles. The van der Waals surface area contributed by atoms with Crippen molar-refractivity contribution in [1.29, 1.82) is 0 Å². The number of nitrogens with two attached hydrogens (primary N) is 1. The molecule has 0 aromatic heterocycles. The molecule has 16 heavy (non-hydrogen) atoms. The summed E-state index contributed by atoms with van der Waals surface area (Å²) in [5.74, 6) is 5.18. The molecule has 0 saturated carbocycles. The van der Waals surface area contributed by atoms with E-state index in [1.165, 1.54) is 4.90 Å². The van der Waals surface area contributed by atoms with E-state index in [0.717, 1.165) is 5.56 Å². The fraction of sp³-hybridized carbons (Fsp3) is 0.364. The summed E-state index contributed by atoms with van der Waals surface area (Å²) in [4.78, 5) is 13.4. The minimum absolute atomic E-state index is 0.0561. The van der Waals surface area contributed by atoms with Gasteiger partial charge in [0.05, 0.1) is 17.9 Å². The predicted molar refractivity (Wildman–Crippen MR) is 63.0 cm³/mol. The molecule has 0 aliphatic carbocycles. The zero-order valence-corrected chi connectivity index (χ0v) is 9.53. The monoisotopic (exact) mass is 223 g/mol. The fourth-order valence-electron chi connectivity index (χ4n) is 1.42. The van der Waals surface area contributed by atoms with Crippen molar-refractivity contribution in [2.75, 3.05) is 25.6 Å². The first-order valence-electron chi connectivity index (χ1n) is 5.03. The number of hydrogen-bond donors (Lipinski definition) is 3. The molecule has 1 aromatic rings. The molecular weight excluding hydrogens is 206 g/mol. The van der Waals surface area contributed by atoms with Crippen molar-refractivity contribution in [2.24, 2.45) is 5.84 Å². The van der Waals surface area contributed by atoms with Crippen LogP contribution < -0.4 is 11.3 Å². The normalized spacial score (nSPS) is 10.0. The minimum atomic E-state index is -0.161. The second-order valence-electron chi connectivity index (χ2n) is 3.64. The lowest BCUT2D eigenvalue weighted by atomic mass is 10.1. The molecule has 0 bridgehead atoms. The highest BCUT2D eigenvalue weighted by atomic mass is 16.3. The Morgan fingerprint density at radius 2 is 2.25 bits per heavy atom. The van der Waals surface area contributed by atoms with Crippen LogP contribution in [0.1, 0.15) is 15.9 Å². The van der Waals surface area contributed by atoms with Gasteiger partial charge >= 0.3 is 0 Å². The Labute approximate surface area is 94.8 Å². The molecular formula is C11H17N3O2. The summed E-state index contributed by atoms with van der Waals surface area (Å²) in [5.41, 5.74) is 4.57. The third-order valence-corrected chi connectivity index (χ3v) is 2.34. The molecule has 0 saturated heterocycles. The molecule has 0 fully saturated rings. The lowest BCUT2D eigenvalue weighted by molar-refractivity contribution is 0.0768. The Morgan fingerprint density at radius 3 is 2.81 bits per heavy atom. The number of anilines is 1. The first kappa shape index (κ1) is 12.5. The van der Waals surface area contributed by atoms with E-state index in [4.69, 9.17) is 10.9 Å². The number of nitrogens with one attached hydrogen (secondary N) is 1. The van der Waals surface area contributed by atoms with E-state index < -0.39 is 0 Å². The Bertz CT molecular complexity index is 379. The molecule has 0 unspecified atom stereocenters. The van der Waals surface area contributed by atoms with Crippen molar-refractivity contribution in [3.8, 4) is 0 Å². The van der Waals surface area contributed by atoms with Gasteiger partial charge in [0.25, 0.3) is 5.91 Å². The van der Waals surface area contributed by atoms with Gasteiger partial charge in [-0.15, -0.1) is 0 Å². The zero-order chi connectivity index (χ0) is 12.1. The Morgan fingerprint density at radius 1 is 1.56 bits per heavy atom. The molecule has 5 nitrogen and oxygen atoms in total. The van der Waals surface area contributed by atoms with Crippen LogP contribution in [0, 0.1) is 6.92 Å². The van der Waals surface area contributed by atoms with Crippen molar-refractivity contribution in [3.05, 3.63) is 29.3 Å². The average molecular weight is 223 g/mol. The van der Waals surface area contributed by atoms with Crippen LogP contribution in [0.4, 0.5) is 5.69 Å². The average Bonchev–Trinajstić information content (AvgIpc) is 2.28. The van der Waals surface area contributed by atoms with Crippen molar-refractivity contribution >= 4 is 11.6 Å². The van der Waals surface area contributed by atoms with E-state index in [1.54, 1.807) is 19.2 Å². The largest absolute Gasteiger partial charge is 0.395 e. The van der Waals surface area contributed by atoms with Crippen molar-refractivity contribution in [2.45, 2.75) is 6.92 Å². The number of rotatable bonds is 4. The summed E-state index contributed by atoms with van der Waals surface area (Å²) in [6.45, 7) is 2.15. The summed E-state index contributed by atoms with van der Waals surface area (Å²) < 4.78 is 0. The van der Waals surface area contributed by atoms with Crippen LogP contribution in [0.2, 0.25) is 0 Å². The van der Waals surface area contributed by atoms with E-state index in [1.807, 2.05) is 13.0 Å². The Hall–Kier alpha value is -1.59. The highest BCUT2D eigenvalue weighted by Crippen LogP contribution is 2.17. The molecule has 1 rings (SSSR count). The van der Waals surface area contributed by atoms with Crippen LogP contribution in [0.5, 0.6) is 0 Å². The number of hydrazine groups is 1. The second kappa shape index (κ2) is 5.48. The standard InChI is InChI=1S/C11H17N3O2/c1-8-3-4-10(13-12)9(7-8)11(16)14(2)5-6-15/h3-4,7,13,15H,5-6,12H2,1-2H3. The van der Waals surface area contributed by atoms with E-state index in [0.29, 0.717) is 17.8 Å².